The number of nitrogens with zero attached hydrogens (tertiary/aromatic N) is 2. The zero-order chi connectivity index (χ0) is 20.2. The van der Waals surface area contributed by atoms with Crippen LogP contribution in [0.25, 0.3) is 0 Å². The fourth-order valence-electron chi connectivity index (χ4n) is 4.34. The second-order valence-electron chi connectivity index (χ2n) is 8.09. The van der Waals surface area contributed by atoms with Gasteiger partial charge in [-0.05, 0) is 41.7 Å². The van der Waals surface area contributed by atoms with Crippen molar-refractivity contribution in [1.82, 2.24) is 9.80 Å². The van der Waals surface area contributed by atoms with Gasteiger partial charge in [0.25, 0.3) is 5.91 Å². The van der Waals surface area contributed by atoms with Gasteiger partial charge in [-0.25, -0.2) is 0 Å². The summed E-state index contributed by atoms with van der Waals surface area (Å²) in [5.41, 5.74) is 4.53. The summed E-state index contributed by atoms with van der Waals surface area (Å²) < 4.78 is 5.85. The summed E-state index contributed by atoms with van der Waals surface area (Å²) >= 11 is 0. The average molecular weight is 395 g/mol. The van der Waals surface area contributed by atoms with Crippen LogP contribution in [-0.4, -0.2) is 59.7 Å². The van der Waals surface area contributed by atoms with Gasteiger partial charge >= 0.3 is 0 Å². The molecule has 0 fully saturated rings. The number of hydrogen-bond acceptors (Lipinski definition) is 4. The number of hydrogen-bond donors (Lipinski definition) is 1. The Balaban J connectivity index is 1.38. The lowest BCUT2D eigenvalue weighted by Gasteiger charge is -2.32. The van der Waals surface area contributed by atoms with Crippen molar-refractivity contribution in [3.8, 4) is 5.75 Å². The second kappa shape index (κ2) is 8.97. The van der Waals surface area contributed by atoms with Crippen LogP contribution in [0.15, 0.2) is 42.5 Å². The fraction of sp³-hybridized carbons (Fsp3) is 0.458. The molecular weight excluding hydrogens is 364 g/mol. The number of fused-ring (bicyclic) bond motifs is 2. The van der Waals surface area contributed by atoms with E-state index in [1.165, 1.54) is 16.7 Å². The van der Waals surface area contributed by atoms with Crippen LogP contribution >= 0.6 is 0 Å². The van der Waals surface area contributed by atoms with Crippen LogP contribution in [0.1, 0.15) is 40.4 Å². The molecule has 0 aromatic heterocycles. The van der Waals surface area contributed by atoms with E-state index in [1.54, 1.807) is 4.90 Å². The standard InChI is InChI=1S/C24H30N2O3/c1-2-5-18-8-9-22-23(14-18)29-13-12-26(24(22)28)17-21(27)16-25-11-10-19-6-3-4-7-20(19)15-25/h3-4,6-9,14,21,27H,2,5,10-13,15-17H2,1H3/t21-/m1/s1. The van der Waals surface area contributed by atoms with E-state index in [0.29, 0.717) is 37.6 Å². The number of ether oxygens (including phenoxy) is 1. The molecule has 0 bridgehead atoms. The SMILES string of the molecule is CCCc1ccc2c(c1)OCCN(C[C@H](O)CN1CCc3ccccc3C1)C2=O. The Labute approximate surface area is 172 Å². The monoisotopic (exact) mass is 394 g/mol. The van der Waals surface area contributed by atoms with Crippen molar-refractivity contribution in [2.75, 3.05) is 32.8 Å². The lowest BCUT2D eigenvalue weighted by Crippen LogP contribution is -2.44. The Morgan fingerprint density at radius 2 is 1.93 bits per heavy atom. The van der Waals surface area contributed by atoms with Crippen LogP contribution in [-0.2, 0) is 19.4 Å². The number of benzene rings is 2. The van der Waals surface area contributed by atoms with Crippen LogP contribution in [0.3, 0.4) is 0 Å². The number of aliphatic hydroxyl groups excluding tert-OH is 1. The van der Waals surface area contributed by atoms with Gasteiger partial charge in [-0.15, -0.1) is 0 Å². The summed E-state index contributed by atoms with van der Waals surface area (Å²) in [6.45, 7) is 5.79. The third kappa shape index (κ3) is 4.62. The van der Waals surface area contributed by atoms with Gasteiger partial charge in [-0.2, -0.15) is 0 Å². The van der Waals surface area contributed by atoms with Gasteiger partial charge in [0.15, 0.2) is 0 Å². The number of aliphatic hydroxyl groups is 1. The van der Waals surface area contributed by atoms with E-state index in [0.717, 1.165) is 32.4 Å². The first-order valence-corrected chi connectivity index (χ1v) is 10.7. The smallest absolute Gasteiger partial charge is 0.257 e. The topological polar surface area (TPSA) is 53.0 Å². The highest BCUT2D eigenvalue weighted by Crippen LogP contribution is 2.25. The molecule has 5 nitrogen and oxygen atoms in total. The summed E-state index contributed by atoms with van der Waals surface area (Å²) in [5.74, 6) is 0.620. The van der Waals surface area contributed by atoms with Gasteiger partial charge in [-0.1, -0.05) is 43.7 Å². The number of β-amino-alcohol motifs (C(OH)–C–C–N with tert-alkyl or cyclic N) is 1. The second-order valence-corrected chi connectivity index (χ2v) is 8.09. The molecule has 2 aromatic carbocycles. The maximum absolute atomic E-state index is 13.0. The van der Waals surface area contributed by atoms with Crippen LogP contribution in [0.4, 0.5) is 0 Å². The molecule has 29 heavy (non-hydrogen) atoms. The minimum absolute atomic E-state index is 0.0522. The van der Waals surface area contributed by atoms with Crippen molar-refractivity contribution in [2.24, 2.45) is 0 Å². The molecule has 0 aliphatic carbocycles. The molecule has 2 aliphatic rings. The van der Waals surface area contributed by atoms with Crippen molar-refractivity contribution in [3.05, 3.63) is 64.7 Å². The number of rotatable bonds is 6. The molecule has 0 unspecified atom stereocenters. The molecule has 154 valence electrons. The first kappa shape index (κ1) is 19.9. The van der Waals surface area contributed by atoms with E-state index in [2.05, 4.69) is 36.1 Å². The molecule has 0 saturated carbocycles. The van der Waals surface area contributed by atoms with Crippen LogP contribution in [0.5, 0.6) is 5.75 Å². The Bertz CT molecular complexity index is 867. The van der Waals surface area contributed by atoms with Crippen LogP contribution in [0.2, 0.25) is 0 Å². The Kier molecular flexibility index (Phi) is 6.16. The van der Waals surface area contributed by atoms with E-state index in [1.807, 2.05) is 18.2 Å². The quantitative estimate of drug-likeness (QED) is 0.819. The Hall–Kier alpha value is -2.37. The molecule has 5 heteroatoms. The van der Waals surface area contributed by atoms with Gasteiger partial charge in [0.05, 0.1) is 18.2 Å². The molecule has 2 aliphatic heterocycles. The minimum Gasteiger partial charge on any atom is -0.491 e. The van der Waals surface area contributed by atoms with Crippen molar-refractivity contribution >= 4 is 5.91 Å². The molecule has 0 spiro atoms. The van der Waals surface area contributed by atoms with E-state index in [4.69, 9.17) is 4.74 Å². The molecular formula is C24H30N2O3. The van der Waals surface area contributed by atoms with E-state index in [9.17, 15) is 9.90 Å². The first-order valence-electron chi connectivity index (χ1n) is 10.7. The predicted octanol–water partition coefficient (Wildman–Crippen LogP) is 2.89. The lowest BCUT2D eigenvalue weighted by atomic mass is 10.00. The molecule has 1 atom stereocenters. The van der Waals surface area contributed by atoms with Crippen LogP contribution < -0.4 is 4.74 Å². The van der Waals surface area contributed by atoms with E-state index < -0.39 is 6.10 Å². The zero-order valence-electron chi connectivity index (χ0n) is 17.1. The summed E-state index contributed by atoms with van der Waals surface area (Å²) in [6, 6.07) is 14.4. The highest BCUT2D eigenvalue weighted by atomic mass is 16.5. The van der Waals surface area contributed by atoms with Gasteiger partial charge in [0.2, 0.25) is 0 Å². The summed E-state index contributed by atoms with van der Waals surface area (Å²) in [5, 5.41) is 10.7. The molecule has 0 radical (unpaired) electrons. The molecule has 2 heterocycles. The maximum Gasteiger partial charge on any atom is 0.257 e. The zero-order valence-corrected chi connectivity index (χ0v) is 17.1. The molecule has 0 saturated heterocycles. The third-order valence-electron chi connectivity index (χ3n) is 5.83. The van der Waals surface area contributed by atoms with Crippen molar-refractivity contribution < 1.29 is 14.6 Å². The normalized spacial score (nSPS) is 17.9. The minimum atomic E-state index is -0.579. The van der Waals surface area contributed by atoms with Crippen molar-refractivity contribution in [2.45, 2.75) is 38.8 Å². The largest absolute Gasteiger partial charge is 0.491 e. The number of amides is 1. The molecule has 2 aromatic rings. The number of aryl methyl sites for hydroxylation is 1. The maximum atomic E-state index is 13.0. The Morgan fingerprint density at radius 3 is 2.76 bits per heavy atom. The van der Waals surface area contributed by atoms with Crippen molar-refractivity contribution in [1.29, 1.82) is 0 Å². The molecule has 4 rings (SSSR count). The average Bonchev–Trinajstić information content (AvgIpc) is 2.87. The third-order valence-corrected chi connectivity index (χ3v) is 5.83. The van der Waals surface area contributed by atoms with Gasteiger partial charge in [-0.3, -0.25) is 9.69 Å². The fourth-order valence-corrected chi connectivity index (χ4v) is 4.34. The van der Waals surface area contributed by atoms with Gasteiger partial charge < -0.3 is 14.7 Å². The summed E-state index contributed by atoms with van der Waals surface area (Å²) in [7, 11) is 0. The highest BCUT2D eigenvalue weighted by molar-refractivity contribution is 5.97. The first-order chi connectivity index (χ1) is 14.1. The summed E-state index contributed by atoms with van der Waals surface area (Å²) in [4.78, 5) is 17.0. The summed E-state index contributed by atoms with van der Waals surface area (Å²) in [6.07, 6.45) is 2.47. The number of carbonyl (C=O) groups excluding carboxylic acids is 1. The van der Waals surface area contributed by atoms with E-state index >= 15 is 0 Å². The number of carbonyl (C=O) groups is 1. The van der Waals surface area contributed by atoms with Gasteiger partial charge in [0, 0.05) is 26.2 Å². The molecule has 1 N–H and O–H groups in total. The predicted molar refractivity (Wildman–Crippen MR) is 113 cm³/mol. The van der Waals surface area contributed by atoms with E-state index in [-0.39, 0.29) is 5.91 Å². The molecule has 1 amide bonds. The van der Waals surface area contributed by atoms with Crippen molar-refractivity contribution in [3.63, 3.8) is 0 Å². The van der Waals surface area contributed by atoms with Gasteiger partial charge in [0.1, 0.15) is 12.4 Å². The van der Waals surface area contributed by atoms with Crippen LogP contribution in [0, 0.1) is 0 Å². The highest BCUT2D eigenvalue weighted by Gasteiger charge is 2.26. The lowest BCUT2D eigenvalue weighted by molar-refractivity contribution is 0.0501. The Morgan fingerprint density at radius 1 is 1.10 bits per heavy atom.